The van der Waals surface area contributed by atoms with Crippen LogP contribution in [0.5, 0.6) is 0 Å². The highest BCUT2D eigenvalue weighted by Crippen LogP contribution is 2.44. The van der Waals surface area contributed by atoms with E-state index < -0.39 is 12.0 Å². The highest BCUT2D eigenvalue weighted by atomic mass is 32.2. The third kappa shape index (κ3) is 5.53. The number of fused-ring (bicyclic) bond motifs is 3. The minimum Gasteiger partial charge on any atom is -0.449 e. The Morgan fingerprint density at radius 2 is 1.67 bits per heavy atom. The van der Waals surface area contributed by atoms with Gasteiger partial charge in [0.25, 0.3) is 0 Å². The van der Waals surface area contributed by atoms with E-state index in [-0.39, 0.29) is 19.1 Å². The SMILES string of the molecule is Cc1cc(-c2ccnc(F)c2)cc(CNC(=O)OCC2c3ccccc3-c3ccccc32)c1Sc1ncccc1C=O. The molecule has 1 N–H and O–H groups in total. The van der Waals surface area contributed by atoms with Gasteiger partial charge in [-0.15, -0.1) is 0 Å². The van der Waals surface area contributed by atoms with Crippen molar-refractivity contribution in [1.82, 2.24) is 15.3 Å². The standard InChI is InChI=1S/C34H26FN3O3S/c1-21-15-24(22-12-14-36-31(35)17-22)16-25(32(21)42-33-23(19-39)7-6-13-37-33)18-38-34(40)41-20-30-28-10-4-2-8-26(28)27-9-3-5-11-29(27)30/h2-17,19,30H,18,20H2,1H3,(H,38,40). The Hall–Kier alpha value is -4.82. The van der Waals surface area contributed by atoms with Gasteiger partial charge in [-0.1, -0.05) is 66.4 Å². The fourth-order valence-electron chi connectivity index (χ4n) is 5.36. The quantitative estimate of drug-likeness (QED) is 0.152. The predicted molar refractivity (Wildman–Crippen MR) is 160 cm³/mol. The van der Waals surface area contributed by atoms with Gasteiger partial charge in [0.05, 0.1) is 0 Å². The number of aromatic nitrogens is 2. The number of aryl methyl sites for hydroxylation is 1. The van der Waals surface area contributed by atoms with E-state index in [4.69, 9.17) is 4.74 Å². The number of amides is 1. The number of halogens is 1. The second-order valence-corrected chi connectivity index (χ2v) is 10.9. The predicted octanol–water partition coefficient (Wildman–Crippen LogP) is 7.59. The van der Waals surface area contributed by atoms with E-state index in [1.165, 1.54) is 24.0 Å². The van der Waals surface area contributed by atoms with E-state index >= 15 is 0 Å². The molecule has 0 radical (unpaired) electrons. The molecule has 0 aliphatic heterocycles. The second kappa shape index (κ2) is 12.0. The van der Waals surface area contributed by atoms with Gasteiger partial charge < -0.3 is 10.1 Å². The fraction of sp³-hybridized carbons (Fsp3) is 0.118. The summed E-state index contributed by atoms with van der Waals surface area (Å²) in [6, 6.07) is 26.7. The topological polar surface area (TPSA) is 81.2 Å². The number of carbonyl (C=O) groups excluding carboxylic acids is 2. The molecule has 208 valence electrons. The Labute approximate surface area is 247 Å². The summed E-state index contributed by atoms with van der Waals surface area (Å²) in [5.74, 6) is -0.627. The third-order valence-electron chi connectivity index (χ3n) is 7.30. The van der Waals surface area contributed by atoms with Gasteiger partial charge in [0.2, 0.25) is 5.95 Å². The molecule has 42 heavy (non-hydrogen) atoms. The zero-order valence-electron chi connectivity index (χ0n) is 22.7. The van der Waals surface area contributed by atoms with Crippen molar-refractivity contribution in [1.29, 1.82) is 0 Å². The van der Waals surface area contributed by atoms with Gasteiger partial charge in [0, 0.05) is 41.4 Å². The van der Waals surface area contributed by atoms with Crippen molar-refractivity contribution in [2.75, 3.05) is 6.61 Å². The first kappa shape index (κ1) is 27.4. The lowest BCUT2D eigenvalue weighted by atomic mass is 9.98. The Morgan fingerprint density at radius 3 is 2.38 bits per heavy atom. The molecule has 3 aromatic carbocycles. The van der Waals surface area contributed by atoms with Crippen molar-refractivity contribution in [2.45, 2.75) is 29.3 Å². The van der Waals surface area contributed by atoms with Crippen molar-refractivity contribution >= 4 is 24.1 Å². The van der Waals surface area contributed by atoms with Crippen LogP contribution in [0.15, 0.2) is 107 Å². The largest absolute Gasteiger partial charge is 0.449 e. The normalized spacial score (nSPS) is 12.0. The van der Waals surface area contributed by atoms with E-state index in [1.54, 1.807) is 24.4 Å². The van der Waals surface area contributed by atoms with Crippen LogP contribution in [0.1, 0.15) is 38.5 Å². The molecule has 0 unspecified atom stereocenters. The first-order chi connectivity index (χ1) is 20.5. The maximum Gasteiger partial charge on any atom is 0.407 e. The lowest BCUT2D eigenvalue weighted by Crippen LogP contribution is -2.26. The number of rotatable bonds is 8. The molecule has 0 saturated carbocycles. The number of alkyl carbamates (subject to hydrolysis) is 1. The van der Waals surface area contributed by atoms with Crippen molar-refractivity contribution in [2.24, 2.45) is 0 Å². The average molecular weight is 576 g/mol. The number of pyridine rings is 2. The molecule has 8 heteroatoms. The van der Waals surface area contributed by atoms with Gasteiger partial charge in [0.15, 0.2) is 6.29 Å². The van der Waals surface area contributed by atoms with Crippen LogP contribution < -0.4 is 5.32 Å². The number of ether oxygens (including phenoxy) is 1. The van der Waals surface area contributed by atoms with E-state index in [2.05, 4.69) is 39.6 Å². The lowest BCUT2D eigenvalue weighted by Gasteiger charge is -2.17. The smallest absolute Gasteiger partial charge is 0.407 e. The van der Waals surface area contributed by atoms with E-state index in [1.807, 2.05) is 43.3 Å². The summed E-state index contributed by atoms with van der Waals surface area (Å²) >= 11 is 1.35. The van der Waals surface area contributed by atoms with Crippen LogP contribution in [-0.2, 0) is 11.3 Å². The number of benzene rings is 3. The summed E-state index contributed by atoms with van der Waals surface area (Å²) in [5, 5.41) is 3.45. The summed E-state index contributed by atoms with van der Waals surface area (Å²) in [5.41, 5.74) is 8.18. The molecular formula is C34H26FN3O3S. The molecule has 0 spiro atoms. The van der Waals surface area contributed by atoms with Crippen molar-refractivity contribution in [3.8, 4) is 22.3 Å². The molecule has 0 atom stereocenters. The molecule has 0 fully saturated rings. The number of carbonyl (C=O) groups is 2. The minimum atomic E-state index is -0.578. The van der Waals surface area contributed by atoms with Crippen molar-refractivity contribution in [3.63, 3.8) is 0 Å². The monoisotopic (exact) mass is 575 g/mol. The number of aldehydes is 1. The number of hydrogen-bond acceptors (Lipinski definition) is 6. The zero-order valence-corrected chi connectivity index (χ0v) is 23.5. The summed E-state index contributed by atoms with van der Waals surface area (Å²) < 4.78 is 19.7. The molecule has 0 saturated heterocycles. The van der Waals surface area contributed by atoms with Crippen LogP contribution in [-0.4, -0.2) is 29.0 Å². The Morgan fingerprint density at radius 1 is 0.929 bits per heavy atom. The first-order valence-electron chi connectivity index (χ1n) is 13.4. The van der Waals surface area contributed by atoms with Gasteiger partial charge >= 0.3 is 6.09 Å². The molecule has 1 aliphatic rings. The Kier molecular flexibility index (Phi) is 7.79. The number of nitrogens with zero attached hydrogens (tertiary/aromatic N) is 2. The Balaban J connectivity index is 1.24. The molecule has 6 rings (SSSR count). The molecule has 6 nitrogen and oxygen atoms in total. The number of nitrogens with one attached hydrogen (secondary N) is 1. The second-order valence-electron chi connectivity index (χ2n) is 9.95. The summed E-state index contributed by atoms with van der Waals surface area (Å²) in [6.07, 6.45) is 3.28. The van der Waals surface area contributed by atoms with Crippen LogP contribution >= 0.6 is 11.8 Å². The molecule has 5 aromatic rings. The van der Waals surface area contributed by atoms with Gasteiger partial charge in [0.1, 0.15) is 11.6 Å². The molecule has 1 aliphatic carbocycles. The van der Waals surface area contributed by atoms with Crippen LogP contribution in [0.3, 0.4) is 0 Å². The minimum absolute atomic E-state index is 0.0488. The van der Waals surface area contributed by atoms with Crippen molar-refractivity contribution < 1.29 is 18.7 Å². The molecule has 0 bridgehead atoms. The lowest BCUT2D eigenvalue weighted by molar-refractivity contribution is 0.112. The maximum absolute atomic E-state index is 13.9. The van der Waals surface area contributed by atoms with Crippen LogP contribution in [0.4, 0.5) is 9.18 Å². The van der Waals surface area contributed by atoms with Gasteiger partial charge in [-0.3, -0.25) is 4.79 Å². The third-order valence-corrected chi connectivity index (χ3v) is 8.63. The van der Waals surface area contributed by atoms with Crippen LogP contribution in [0, 0.1) is 12.9 Å². The molecule has 2 aromatic heterocycles. The fourth-order valence-corrected chi connectivity index (χ4v) is 6.39. The zero-order chi connectivity index (χ0) is 29.1. The average Bonchev–Trinajstić information content (AvgIpc) is 3.34. The summed E-state index contributed by atoms with van der Waals surface area (Å²) in [7, 11) is 0. The summed E-state index contributed by atoms with van der Waals surface area (Å²) in [6.45, 7) is 2.29. The van der Waals surface area contributed by atoms with Crippen LogP contribution in [0.2, 0.25) is 0 Å². The number of hydrogen-bond donors (Lipinski definition) is 1. The van der Waals surface area contributed by atoms with Gasteiger partial charge in [-0.05, 0) is 75.7 Å². The molecular weight excluding hydrogens is 549 g/mol. The Bertz CT molecular complexity index is 1760. The molecule has 2 heterocycles. The van der Waals surface area contributed by atoms with Crippen LogP contribution in [0.25, 0.3) is 22.3 Å². The van der Waals surface area contributed by atoms with Gasteiger partial charge in [-0.2, -0.15) is 4.39 Å². The highest BCUT2D eigenvalue weighted by molar-refractivity contribution is 7.99. The van der Waals surface area contributed by atoms with E-state index in [9.17, 15) is 14.0 Å². The first-order valence-corrected chi connectivity index (χ1v) is 14.3. The summed E-state index contributed by atoms with van der Waals surface area (Å²) in [4.78, 5) is 33.5. The van der Waals surface area contributed by atoms with Gasteiger partial charge in [-0.25, -0.2) is 14.8 Å². The molecule has 1 amide bonds. The van der Waals surface area contributed by atoms with Crippen molar-refractivity contribution in [3.05, 3.63) is 131 Å². The van der Waals surface area contributed by atoms with E-state index in [0.29, 0.717) is 16.2 Å². The highest BCUT2D eigenvalue weighted by Gasteiger charge is 2.29. The maximum atomic E-state index is 13.9. The van der Waals surface area contributed by atoms with E-state index in [0.717, 1.165) is 50.1 Å².